The van der Waals surface area contributed by atoms with Crippen molar-refractivity contribution >= 4 is 5.78 Å². The number of rotatable bonds is 0. The lowest BCUT2D eigenvalue weighted by Gasteiger charge is -1.98. The molecule has 1 aliphatic carbocycles. The number of carbonyl (C=O) groups is 1. The number of aromatic nitrogens is 2. The first-order valence-electron chi connectivity index (χ1n) is 3.62. The Balaban J connectivity index is 2.60. The third kappa shape index (κ3) is 0.843. The van der Waals surface area contributed by atoms with Crippen molar-refractivity contribution < 1.29 is 4.79 Å². The summed E-state index contributed by atoms with van der Waals surface area (Å²) < 4.78 is 0. The number of fused-ring (bicyclic) bond motifs is 1. The maximum absolute atomic E-state index is 11.2. The smallest absolute Gasteiger partial charge is 0.182 e. The molecule has 0 spiro atoms. The van der Waals surface area contributed by atoms with Crippen molar-refractivity contribution in [3.8, 4) is 0 Å². The van der Waals surface area contributed by atoms with Gasteiger partial charge >= 0.3 is 0 Å². The molecule has 0 aromatic carbocycles. The Hall–Kier alpha value is -1.25. The Morgan fingerprint density at radius 1 is 1.64 bits per heavy atom. The summed E-state index contributed by atoms with van der Waals surface area (Å²) in [5.74, 6) is 0.452. The summed E-state index contributed by atoms with van der Waals surface area (Å²) in [6.45, 7) is 2.02. The van der Waals surface area contributed by atoms with Crippen LogP contribution in [0, 0.1) is 0 Å². The van der Waals surface area contributed by atoms with Crippen LogP contribution >= 0.6 is 0 Å². The number of nitrogens with zero attached hydrogens (tertiary/aromatic N) is 2. The van der Waals surface area contributed by atoms with Gasteiger partial charge in [-0.1, -0.05) is 6.92 Å². The molecule has 0 fully saturated rings. The summed E-state index contributed by atoms with van der Waals surface area (Å²) in [4.78, 5) is 19.0. The van der Waals surface area contributed by atoms with Crippen molar-refractivity contribution in [1.29, 1.82) is 0 Å². The van der Waals surface area contributed by atoms with Crippen molar-refractivity contribution in [2.24, 2.45) is 0 Å². The quantitative estimate of drug-likeness (QED) is 0.554. The Morgan fingerprint density at radius 3 is 3.18 bits per heavy atom. The summed E-state index contributed by atoms with van der Waals surface area (Å²) in [6, 6.07) is 0. The van der Waals surface area contributed by atoms with Crippen LogP contribution in [-0.2, 0) is 0 Å². The fourth-order valence-corrected chi connectivity index (χ4v) is 1.42. The van der Waals surface area contributed by atoms with E-state index < -0.39 is 0 Å². The van der Waals surface area contributed by atoms with E-state index in [1.165, 1.54) is 6.33 Å². The van der Waals surface area contributed by atoms with Crippen LogP contribution in [0.25, 0.3) is 0 Å². The van der Waals surface area contributed by atoms with Gasteiger partial charge in [0.2, 0.25) is 0 Å². The van der Waals surface area contributed by atoms with E-state index >= 15 is 0 Å². The molecule has 0 N–H and O–H groups in total. The summed E-state index contributed by atoms with van der Waals surface area (Å²) in [6.07, 6.45) is 3.75. The van der Waals surface area contributed by atoms with E-state index in [1.54, 1.807) is 6.20 Å². The van der Waals surface area contributed by atoms with Crippen molar-refractivity contribution in [3.05, 3.63) is 23.8 Å². The molecule has 0 amide bonds. The van der Waals surface area contributed by atoms with E-state index in [4.69, 9.17) is 0 Å². The third-order valence-corrected chi connectivity index (χ3v) is 2.03. The van der Waals surface area contributed by atoms with Crippen LogP contribution < -0.4 is 0 Å². The molecule has 1 unspecified atom stereocenters. The lowest BCUT2D eigenvalue weighted by molar-refractivity contribution is 0.0986. The van der Waals surface area contributed by atoms with E-state index in [2.05, 4.69) is 9.97 Å². The molecule has 2 rings (SSSR count). The normalized spacial score (nSPS) is 21.9. The first-order chi connectivity index (χ1) is 5.29. The van der Waals surface area contributed by atoms with Crippen molar-refractivity contribution in [2.45, 2.75) is 19.3 Å². The topological polar surface area (TPSA) is 42.9 Å². The van der Waals surface area contributed by atoms with Gasteiger partial charge in [0.05, 0.1) is 0 Å². The minimum atomic E-state index is 0.148. The highest BCUT2D eigenvalue weighted by Gasteiger charge is 2.26. The Bertz CT molecular complexity index is 309. The fourth-order valence-electron chi connectivity index (χ4n) is 1.42. The zero-order valence-corrected chi connectivity index (χ0v) is 6.24. The molecule has 1 aliphatic rings. The zero-order valence-electron chi connectivity index (χ0n) is 6.24. The molecule has 0 radical (unpaired) electrons. The van der Waals surface area contributed by atoms with E-state index in [0.29, 0.717) is 18.0 Å². The summed E-state index contributed by atoms with van der Waals surface area (Å²) in [5, 5.41) is 0. The Kier molecular flexibility index (Phi) is 1.24. The number of ketones is 1. The molecular weight excluding hydrogens is 140 g/mol. The zero-order chi connectivity index (χ0) is 7.84. The molecule has 1 atom stereocenters. The molecule has 56 valence electrons. The number of hydrogen-bond acceptors (Lipinski definition) is 3. The highest BCUT2D eigenvalue weighted by Crippen LogP contribution is 2.29. The monoisotopic (exact) mass is 148 g/mol. The van der Waals surface area contributed by atoms with Crippen LogP contribution in [0.15, 0.2) is 12.5 Å². The van der Waals surface area contributed by atoms with Crippen LogP contribution in [0.4, 0.5) is 0 Å². The summed E-state index contributed by atoms with van der Waals surface area (Å²) in [7, 11) is 0. The molecule has 0 saturated carbocycles. The molecule has 1 aromatic heterocycles. The van der Waals surface area contributed by atoms with Gasteiger partial charge in [0.15, 0.2) is 5.78 Å². The summed E-state index contributed by atoms with van der Waals surface area (Å²) in [5.41, 5.74) is 1.62. The van der Waals surface area contributed by atoms with Crippen LogP contribution in [0.1, 0.15) is 35.3 Å². The number of carbonyl (C=O) groups excluding carboxylic acids is 1. The predicted octanol–water partition coefficient (Wildman–Crippen LogP) is 1.17. The van der Waals surface area contributed by atoms with Gasteiger partial charge in [0.25, 0.3) is 0 Å². The fraction of sp³-hybridized carbons (Fsp3) is 0.375. The van der Waals surface area contributed by atoms with Gasteiger partial charge < -0.3 is 0 Å². The Morgan fingerprint density at radius 2 is 2.45 bits per heavy atom. The first kappa shape index (κ1) is 6.46. The standard InChI is InChI=1S/C8H8N2O/c1-5-2-7(11)8-6(5)3-9-4-10-8/h3-5H,2H2,1H3. The molecule has 1 heterocycles. The second kappa shape index (κ2) is 2.12. The SMILES string of the molecule is CC1CC(=O)c2ncncc21. The molecule has 3 heteroatoms. The van der Waals surface area contributed by atoms with Crippen LogP contribution in [0.3, 0.4) is 0 Å². The minimum absolute atomic E-state index is 0.148. The van der Waals surface area contributed by atoms with Gasteiger partial charge in [-0.2, -0.15) is 0 Å². The van der Waals surface area contributed by atoms with Crippen molar-refractivity contribution in [2.75, 3.05) is 0 Å². The van der Waals surface area contributed by atoms with E-state index in [1.807, 2.05) is 6.92 Å². The second-order valence-electron chi connectivity index (χ2n) is 2.86. The van der Waals surface area contributed by atoms with E-state index in [9.17, 15) is 4.79 Å². The molecular formula is C8H8N2O. The van der Waals surface area contributed by atoms with Gasteiger partial charge in [0.1, 0.15) is 12.0 Å². The molecule has 11 heavy (non-hydrogen) atoms. The maximum Gasteiger partial charge on any atom is 0.182 e. The molecule has 1 aromatic rings. The second-order valence-corrected chi connectivity index (χ2v) is 2.86. The average molecular weight is 148 g/mol. The van der Waals surface area contributed by atoms with Crippen LogP contribution in [0.5, 0.6) is 0 Å². The average Bonchev–Trinajstić information content (AvgIpc) is 2.30. The third-order valence-electron chi connectivity index (χ3n) is 2.03. The predicted molar refractivity (Wildman–Crippen MR) is 39.4 cm³/mol. The minimum Gasteiger partial charge on any atom is -0.292 e. The van der Waals surface area contributed by atoms with Crippen molar-refractivity contribution in [3.63, 3.8) is 0 Å². The van der Waals surface area contributed by atoms with Crippen molar-refractivity contribution in [1.82, 2.24) is 9.97 Å². The lowest BCUT2D eigenvalue weighted by Crippen LogP contribution is -1.95. The van der Waals surface area contributed by atoms with Crippen LogP contribution in [-0.4, -0.2) is 15.8 Å². The molecule has 0 aliphatic heterocycles. The molecule has 3 nitrogen and oxygen atoms in total. The highest BCUT2D eigenvalue weighted by atomic mass is 16.1. The van der Waals surface area contributed by atoms with Gasteiger partial charge in [0, 0.05) is 18.2 Å². The molecule has 0 saturated heterocycles. The number of Topliss-reactive ketones (excluding diaryl/α,β-unsaturated/α-hetero) is 1. The van der Waals surface area contributed by atoms with Gasteiger partial charge in [-0.3, -0.25) is 4.79 Å². The van der Waals surface area contributed by atoms with Crippen LogP contribution in [0.2, 0.25) is 0 Å². The largest absolute Gasteiger partial charge is 0.292 e. The van der Waals surface area contributed by atoms with Gasteiger partial charge in [-0.25, -0.2) is 9.97 Å². The van der Waals surface area contributed by atoms with Gasteiger partial charge in [-0.15, -0.1) is 0 Å². The highest BCUT2D eigenvalue weighted by molar-refractivity contribution is 5.99. The molecule has 0 bridgehead atoms. The maximum atomic E-state index is 11.2. The lowest BCUT2D eigenvalue weighted by atomic mass is 10.1. The first-order valence-corrected chi connectivity index (χ1v) is 3.62. The number of hydrogen-bond donors (Lipinski definition) is 0. The van der Waals surface area contributed by atoms with E-state index in [-0.39, 0.29) is 5.78 Å². The van der Waals surface area contributed by atoms with E-state index in [0.717, 1.165) is 5.56 Å². The summed E-state index contributed by atoms with van der Waals surface area (Å²) >= 11 is 0. The van der Waals surface area contributed by atoms with Gasteiger partial charge in [-0.05, 0) is 5.92 Å². The Labute approximate surface area is 64.5 Å².